The van der Waals surface area contributed by atoms with Gasteiger partial charge in [-0.05, 0) is 56.4 Å². The van der Waals surface area contributed by atoms with Crippen molar-refractivity contribution in [3.8, 4) is 0 Å². The first-order chi connectivity index (χ1) is 11.6. The molecule has 0 radical (unpaired) electrons. The van der Waals surface area contributed by atoms with E-state index in [2.05, 4.69) is 0 Å². The summed E-state index contributed by atoms with van der Waals surface area (Å²) in [4.78, 5) is 11.0. The lowest BCUT2D eigenvalue weighted by Gasteiger charge is -2.50. The molecule has 2 saturated carbocycles. The summed E-state index contributed by atoms with van der Waals surface area (Å²) >= 11 is 0. The van der Waals surface area contributed by atoms with E-state index in [1.54, 1.807) is 0 Å². The van der Waals surface area contributed by atoms with Crippen LogP contribution < -0.4 is 0 Å². The summed E-state index contributed by atoms with van der Waals surface area (Å²) in [7, 11) is 0. The monoisotopic (exact) mass is 332 g/mol. The zero-order chi connectivity index (χ0) is 17.0. The number of aliphatic hydroxyl groups is 1. The van der Waals surface area contributed by atoms with Gasteiger partial charge in [0.25, 0.3) is 0 Å². The molecular weight excluding hydrogens is 300 g/mol. The topological polar surface area (TPSA) is 57.5 Å². The summed E-state index contributed by atoms with van der Waals surface area (Å²) in [5.74, 6) is 1.01. The second-order valence-corrected chi connectivity index (χ2v) is 8.16. The average Bonchev–Trinajstić information content (AvgIpc) is 2.62. The molecule has 0 spiro atoms. The van der Waals surface area contributed by atoms with Crippen LogP contribution >= 0.6 is 0 Å². The van der Waals surface area contributed by atoms with E-state index in [0.717, 1.165) is 6.42 Å². The molecule has 3 aliphatic rings. The number of carboxylic acid groups (broad SMARTS) is 1. The number of hydrogen-bond acceptors (Lipinski definition) is 2. The molecule has 2 N–H and O–H groups in total. The fourth-order valence-electron chi connectivity index (χ4n) is 5.59. The second kappa shape index (κ2) is 7.76. The molecule has 0 amide bonds. The highest BCUT2D eigenvalue weighted by Crippen LogP contribution is 2.57. The van der Waals surface area contributed by atoms with Gasteiger partial charge in [0.1, 0.15) is 0 Å². The lowest BCUT2D eigenvalue weighted by atomic mass is 9.54. The van der Waals surface area contributed by atoms with Gasteiger partial charge in [-0.25, -0.2) is 0 Å². The van der Waals surface area contributed by atoms with Crippen LogP contribution in [0.4, 0.5) is 0 Å². The predicted molar refractivity (Wildman–Crippen MR) is 95.9 cm³/mol. The Morgan fingerprint density at radius 1 is 0.958 bits per heavy atom. The fourth-order valence-corrected chi connectivity index (χ4v) is 5.59. The van der Waals surface area contributed by atoms with E-state index in [1.165, 1.54) is 69.8 Å². The van der Waals surface area contributed by atoms with Crippen LogP contribution in [-0.2, 0) is 4.79 Å². The Morgan fingerprint density at radius 2 is 1.50 bits per heavy atom. The zero-order valence-corrected chi connectivity index (χ0v) is 14.8. The Morgan fingerprint density at radius 3 is 2.00 bits per heavy atom. The summed E-state index contributed by atoms with van der Waals surface area (Å²) in [5, 5.41) is 20.1. The van der Waals surface area contributed by atoms with E-state index < -0.39 is 5.97 Å². The minimum Gasteiger partial charge on any atom is -0.512 e. The van der Waals surface area contributed by atoms with Crippen LogP contribution in [0.15, 0.2) is 23.5 Å². The lowest BCUT2D eigenvalue weighted by Crippen LogP contribution is -2.43. The molecule has 2 fully saturated rings. The molecule has 0 unspecified atom stereocenters. The molecule has 3 rings (SSSR count). The van der Waals surface area contributed by atoms with Gasteiger partial charge in [-0.1, -0.05) is 50.2 Å². The molecule has 134 valence electrons. The third kappa shape index (κ3) is 3.55. The molecular formula is C21H32O3. The first kappa shape index (κ1) is 17.6. The van der Waals surface area contributed by atoms with Gasteiger partial charge in [-0.2, -0.15) is 0 Å². The Labute approximate surface area is 145 Å². The van der Waals surface area contributed by atoms with Crippen LogP contribution in [0.3, 0.4) is 0 Å². The minimum absolute atomic E-state index is 0.108. The molecule has 0 heterocycles. The quantitative estimate of drug-likeness (QED) is 0.672. The van der Waals surface area contributed by atoms with E-state index in [-0.39, 0.29) is 11.8 Å². The highest BCUT2D eigenvalue weighted by Gasteiger charge is 2.49. The van der Waals surface area contributed by atoms with Gasteiger partial charge >= 0.3 is 5.97 Å². The van der Waals surface area contributed by atoms with Crippen LogP contribution in [0.1, 0.15) is 83.5 Å². The number of aliphatic hydroxyl groups excluding tert-OH is 1. The summed E-state index contributed by atoms with van der Waals surface area (Å²) in [6.45, 7) is 0. The van der Waals surface area contributed by atoms with Crippen molar-refractivity contribution < 1.29 is 15.0 Å². The summed E-state index contributed by atoms with van der Waals surface area (Å²) in [6.07, 6.45) is 18.3. The summed E-state index contributed by atoms with van der Waals surface area (Å²) in [5.41, 5.74) is 1.12. The number of rotatable bonds is 5. The van der Waals surface area contributed by atoms with E-state index in [4.69, 9.17) is 5.11 Å². The Balaban J connectivity index is 1.87. The number of hydrogen-bond donors (Lipinski definition) is 2. The molecule has 0 bridgehead atoms. The largest absolute Gasteiger partial charge is 0.512 e. The molecule has 0 aromatic rings. The third-order valence-electron chi connectivity index (χ3n) is 6.80. The van der Waals surface area contributed by atoms with E-state index in [1.807, 2.05) is 12.2 Å². The van der Waals surface area contributed by atoms with Crippen molar-refractivity contribution in [2.75, 3.05) is 0 Å². The molecule has 0 saturated heterocycles. The van der Waals surface area contributed by atoms with E-state index >= 15 is 0 Å². The van der Waals surface area contributed by atoms with Gasteiger partial charge in [0, 0.05) is 11.8 Å². The predicted octanol–water partition coefficient (Wildman–Crippen LogP) is 5.77. The maximum Gasteiger partial charge on any atom is 0.303 e. The molecule has 0 atom stereocenters. The van der Waals surface area contributed by atoms with Crippen LogP contribution in [0.5, 0.6) is 0 Å². The Hall–Kier alpha value is -1.25. The summed E-state index contributed by atoms with van der Waals surface area (Å²) in [6, 6.07) is 0. The normalized spacial score (nSPS) is 25.8. The van der Waals surface area contributed by atoms with Crippen molar-refractivity contribution in [3.63, 3.8) is 0 Å². The SMILES string of the molecule is O=C(O)CCC1=CC=C(O)C(C2CCCCC2)(C2CCCCC2)C1. The van der Waals surface area contributed by atoms with Crippen molar-refractivity contribution in [1.82, 2.24) is 0 Å². The van der Waals surface area contributed by atoms with Crippen molar-refractivity contribution >= 4 is 5.97 Å². The van der Waals surface area contributed by atoms with Crippen LogP contribution in [0.2, 0.25) is 0 Å². The first-order valence-corrected chi connectivity index (χ1v) is 9.94. The molecule has 3 nitrogen and oxygen atoms in total. The van der Waals surface area contributed by atoms with Crippen molar-refractivity contribution in [2.24, 2.45) is 17.3 Å². The third-order valence-corrected chi connectivity index (χ3v) is 6.80. The smallest absolute Gasteiger partial charge is 0.303 e. The van der Waals surface area contributed by atoms with Crippen LogP contribution in [0.25, 0.3) is 0 Å². The standard InChI is InChI=1S/C21H32O3/c22-19-13-11-16(12-14-20(23)24)15-21(19,17-7-3-1-4-8-17)18-9-5-2-6-10-18/h11,13,17-18,22H,1-10,12,14-15H2,(H,23,24). The van der Waals surface area contributed by atoms with Crippen molar-refractivity contribution in [1.29, 1.82) is 0 Å². The highest BCUT2D eigenvalue weighted by molar-refractivity contribution is 5.67. The molecule has 0 aromatic carbocycles. The highest BCUT2D eigenvalue weighted by atomic mass is 16.4. The average molecular weight is 332 g/mol. The van der Waals surface area contributed by atoms with Gasteiger partial charge < -0.3 is 10.2 Å². The number of carboxylic acids is 1. The van der Waals surface area contributed by atoms with Gasteiger partial charge in [-0.15, -0.1) is 0 Å². The van der Waals surface area contributed by atoms with E-state index in [9.17, 15) is 9.90 Å². The van der Waals surface area contributed by atoms with Gasteiger partial charge in [0.05, 0.1) is 5.76 Å². The number of aliphatic carboxylic acids is 1. The van der Waals surface area contributed by atoms with E-state index in [0.29, 0.717) is 24.0 Å². The maximum atomic E-state index is 11.0. The van der Waals surface area contributed by atoms with Gasteiger partial charge in [-0.3, -0.25) is 4.79 Å². The van der Waals surface area contributed by atoms with Gasteiger partial charge in [0.2, 0.25) is 0 Å². The molecule has 3 aliphatic carbocycles. The molecule has 24 heavy (non-hydrogen) atoms. The number of carbonyl (C=O) groups is 1. The molecule has 0 aromatic heterocycles. The van der Waals surface area contributed by atoms with Crippen molar-refractivity contribution in [3.05, 3.63) is 23.5 Å². The number of allylic oxidation sites excluding steroid dienone is 4. The zero-order valence-electron chi connectivity index (χ0n) is 14.8. The maximum absolute atomic E-state index is 11.0. The summed E-state index contributed by atoms with van der Waals surface area (Å²) < 4.78 is 0. The minimum atomic E-state index is -0.726. The van der Waals surface area contributed by atoms with Gasteiger partial charge in [0.15, 0.2) is 0 Å². The molecule has 0 aliphatic heterocycles. The fraction of sp³-hybridized carbons (Fsp3) is 0.762. The first-order valence-electron chi connectivity index (χ1n) is 9.94. The van der Waals surface area contributed by atoms with Crippen LogP contribution in [0, 0.1) is 17.3 Å². The van der Waals surface area contributed by atoms with Crippen LogP contribution in [-0.4, -0.2) is 16.2 Å². The second-order valence-electron chi connectivity index (χ2n) is 8.16. The lowest BCUT2D eigenvalue weighted by molar-refractivity contribution is -0.137. The Kier molecular flexibility index (Phi) is 5.68. The van der Waals surface area contributed by atoms with Crippen molar-refractivity contribution in [2.45, 2.75) is 83.5 Å². The molecule has 3 heteroatoms. The Bertz CT molecular complexity index is 487.